The smallest absolute Gasteiger partial charge is 0.316 e. The molecule has 0 N–H and O–H groups in total. The zero-order valence-electron chi connectivity index (χ0n) is 20.6. The van der Waals surface area contributed by atoms with E-state index < -0.39 is 15.3 Å². The van der Waals surface area contributed by atoms with E-state index in [1.807, 2.05) is 35.2 Å². The lowest BCUT2D eigenvalue weighted by Gasteiger charge is -2.37. The van der Waals surface area contributed by atoms with Crippen LogP contribution in [-0.2, 0) is 10.0 Å². The SMILES string of the molecule is CC1(COc2c(N3CCN4C(CC(c5ccccc5)S4(=O)=O)C3)cnn(-c3cccc(Cl)c3)c2=O)CC1. The van der Waals surface area contributed by atoms with Crippen LogP contribution in [0.25, 0.3) is 5.69 Å². The Labute approximate surface area is 221 Å². The van der Waals surface area contributed by atoms with Gasteiger partial charge in [-0.15, -0.1) is 0 Å². The van der Waals surface area contributed by atoms with Gasteiger partial charge in [-0.1, -0.05) is 54.9 Å². The molecule has 3 aliphatic rings. The second-order valence-electron chi connectivity index (χ2n) is 10.5. The van der Waals surface area contributed by atoms with Crippen LogP contribution in [0.5, 0.6) is 5.75 Å². The van der Waals surface area contributed by atoms with Crippen LogP contribution in [-0.4, -0.2) is 54.8 Å². The van der Waals surface area contributed by atoms with E-state index in [4.69, 9.17) is 16.3 Å². The molecule has 0 spiro atoms. The number of fused-ring (bicyclic) bond motifs is 1. The van der Waals surface area contributed by atoms with Crippen LogP contribution >= 0.6 is 11.6 Å². The summed E-state index contributed by atoms with van der Waals surface area (Å²) >= 11 is 6.16. The number of halogens is 1. The van der Waals surface area contributed by atoms with Gasteiger partial charge in [0.2, 0.25) is 15.8 Å². The van der Waals surface area contributed by atoms with Gasteiger partial charge in [0.1, 0.15) is 10.9 Å². The summed E-state index contributed by atoms with van der Waals surface area (Å²) in [4.78, 5) is 15.7. The summed E-state index contributed by atoms with van der Waals surface area (Å²) in [5.41, 5.74) is 1.70. The van der Waals surface area contributed by atoms with Crippen molar-refractivity contribution in [1.82, 2.24) is 14.1 Å². The quantitative estimate of drug-likeness (QED) is 0.469. The van der Waals surface area contributed by atoms with Crippen LogP contribution in [0.2, 0.25) is 5.02 Å². The van der Waals surface area contributed by atoms with Crippen LogP contribution in [0.15, 0.2) is 65.6 Å². The average Bonchev–Trinajstić information content (AvgIpc) is 3.56. The normalized spacial score (nSPS) is 24.0. The van der Waals surface area contributed by atoms with Crippen molar-refractivity contribution in [2.45, 2.75) is 37.5 Å². The number of piperazine rings is 1. The molecule has 1 aromatic heterocycles. The van der Waals surface area contributed by atoms with Crippen LogP contribution in [0, 0.1) is 5.41 Å². The predicted molar refractivity (Wildman–Crippen MR) is 143 cm³/mol. The molecule has 2 unspecified atom stereocenters. The first-order valence-electron chi connectivity index (χ1n) is 12.6. The molecule has 6 rings (SSSR count). The Morgan fingerprint density at radius 1 is 1.11 bits per heavy atom. The number of hydrogen-bond acceptors (Lipinski definition) is 6. The molecule has 2 aromatic carbocycles. The highest BCUT2D eigenvalue weighted by atomic mass is 35.5. The van der Waals surface area contributed by atoms with Crippen LogP contribution < -0.4 is 15.2 Å². The molecule has 2 saturated heterocycles. The maximum atomic E-state index is 13.6. The first-order valence-corrected chi connectivity index (χ1v) is 14.4. The topological polar surface area (TPSA) is 84.7 Å². The van der Waals surface area contributed by atoms with Crippen molar-refractivity contribution in [3.63, 3.8) is 0 Å². The molecule has 1 aliphatic carbocycles. The number of hydrogen-bond donors (Lipinski definition) is 0. The van der Waals surface area contributed by atoms with Gasteiger partial charge in [-0.3, -0.25) is 4.79 Å². The third kappa shape index (κ3) is 4.53. The fraction of sp³-hybridized carbons (Fsp3) is 0.407. The van der Waals surface area contributed by atoms with Crippen molar-refractivity contribution in [2.75, 3.05) is 31.1 Å². The highest BCUT2D eigenvalue weighted by Gasteiger charge is 2.49. The minimum absolute atomic E-state index is 0.0784. The Hall–Kier alpha value is -2.88. The Morgan fingerprint density at radius 2 is 1.89 bits per heavy atom. The average molecular weight is 541 g/mol. The van der Waals surface area contributed by atoms with Crippen molar-refractivity contribution in [2.24, 2.45) is 5.41 Å². The highest BCUT2D eigenvalue weighted by molar-refractivity contribution is 7.89. The highest BCUT2D eigenvalue weighted by Crippen LogP contribution is 2.46. The fourth-order valence-electron chi connectivity index (χ4n) is 5.28. The minimum atomic E-state index is -3.45. The molecule has 8 nitrogen and oxygen atoms in total. The zero-order valence-corrected chi connectivity index (χ0v) is 22.2. The van der Waals surface area contributed by atoms with Gasteiger partial charge in [-0.25, -0.2) is 8.42 Å². The Kier molecular flexibility index (Phi) is 6.05. The van der Waals surface area contributed by atoms with E-state index in [1.54, 1.807) is 34.8 Å². The van der Waals surface area contributed by atoms with E-state index >= 15 is 0 Å². The van der Waals surface area contributed by atoms with E-state index in [0.717, 1.165) is 18.4 Å². The Balaban J connectivity index is 1.32. The third-order valence-electron chi connectivity index (χ3n) is 7.75. The molecule has 2 atom stereocenters. The summed E-state index contributed by atoms with van der Waals surface area (Å²) in [6, 6.07) is 16.2. The zero-order chi connectivity index (χ0) is 25.8. The molecule has 10 heteroatoms. The van der Waals surface area contributed by atoms with E-state index in [0.29, 0.717) is 49.1 Å². The van der Waals surface area contributed by atoms with E-state index in [-0.39, 0.29) is 22.8 Å². The number of aromatic nitrogens is 2. The molecular weight excluding hydrogens is 512 g/mol. The largest absolute Gasteiger partial charge is 0.486 e. The maximum Gasteiger partial charge on any atom is 0.316 e. The molecular formula is C27H29ClN4O4S. The van der Waals surface area contributed by atoms with Gasteiger partial charge in [0.05, 0.1) is 18.5 Å². The minimum Gasteiger partial charge on any atom is -0.486 e. The molecule has 194 valence electrons. The molecule has 0 bridgehead atoms. The number of anilines is 1. The number of sulfonamides is 1. The summed E-state index contributed by atoms with van der Waals surface area (Å²) in [6.07, 6.45) is 4.29. The molecule has 1 saturated carbocycles. The van der Waals surface area contributed by atoms with Gasteiger partial charge in [0.25, 0.3) is 0 Å². The van der Waals surface area contributed by atoms with Gasteiger partial charge in [-0.2, -0.15) is 14.1 Å². The van der Waals surface area contributed by atoms with E-state index in [1.165, 1.54) is 4.68 Å². The molecule has 2 aliphatic heterocycles. The second kappa shape index (κ2) is 9.15. The summed E-state index contributed by atoms with van der Waals surface area (Å²) in [6.45, 7) is 3.87. The van der Waals surface area contributed by atoms with Gasteiger partial charge in [-0.05, 0) is 43.0 Å². The van der Waals surface area contributed by atoms with Crippen molar-refractivity contribution < 1.29 is 13.2 Å². The number of nitrogens with zero attached hydrogens (tertiary/aromatic N) is 4. The van der Waals surface area contributed by atoms with E-state index in [2.05, 4.69) is 12.0 Å². The fourth-order valence-corrected chi connectivity index (χ4v) is 7.66. The van der Waals surface area contributed by atoms with Crippen molar-refractivity contribution >= 4 is 27.3 Å². The lowest BCUT2D eigenvalue weighted by Crippen LogP contribution is -2.51. The summed E-state index contributed by atoms with van der Waals surface area (Å²) in [5.74, 6) is 0.247. The second-order valence-corrected chi connectivity index (χ2v) is 13.1. The van der Waals surface area contributed by atoms with E-state index in [9.17, 15) is 13.2 Å². The van der Waals surface area contributed by atoms with Gasteiger partial charge >= 0.3 is 5.56 Å². The molecule has 0 amide bonds. The maximum absolute atomic E-state index is 13.6. The molecule has 37 heavy (non-hydrogen) atoms. The lowest BCUT2D eigenvalue weighted by molar-refractivity contribution is 0.241. The summed E-state index contributed by atoms with van der Waals surface area (Å²) in [5, 5.41) is 4.41. The van der Waals surface area contributed by atoms with Crippen molar-refractivity contribution in [3.8, 4) is 11.4 Å². The predicted octanol–water partition coefficient (Wildman–Crippen LogP) is 4.03. The van der Waals surface area contributed by atoms with Crippen LogP contribution in [0.1, 0.15) is 37.0 Å². The van der Waals surface area contributed by atoms with Crippen LogP contribution in [0.4, 0.5) is 5.69 Å². The number of benzene rings is 2. The Morgan fingerprint density at radius 3 is 2.62 bits per heavy atom. The first kappa shape index (κ1) is 24.5. The number of ether oxygens (including phenoxy) is 1. The lowest BCUT2D eigenvalue weighted by atomic mass is 10.0. The van der Waals surface area contributed by atoms with Gasteiger partial charge in [0.15, 0.2) is 0 Å². The van der Waals surface area contributed by atoms with Crippen molar-refractivity contribution in [1.29, 1.82) is 0 Å². The Bertz CT molecular complexity index is 1490. The third-order valence-corrected chi connectivity index (χ3v) is 10.3. The van der Waals surface area contributed by atoms with Crippen LogP contribution in [0.3, 0.4) is 0 Å². The molecule has 3 heterocycles. The first-order chi connectivity index (χ1) is 17.7. The van der Waals surface area contributed by atoms with Gasteiger partial charge in [0, 0.05) is 36.1 Å². The summed E-state index contributed by atoms with van der Waals surface area (Å²) in [7, 11) is -3.45. The van der Waals surface area contributed by atoms with Crippen molar-refractivity contribution in [3.05, 3.63) is 81.7 Å². The molecule has 3 aromatic rings. The monoisotopic (exact) mass is 540 g/mol. The molecule has 0 radical (unpaired) electrons. The number of rotatable bonds is 6. The standard InChI is InChI=1S/C27H29ClN4O4S/c1-27(10-11-27)18-36-25-23(16-29-32(26(25)33)21-9-5-8-20(28)14-21)30-12-13-31-22(17-30)15-24(37(31,34)35)19-6-3-2-4-7-19/h2-9,14,16,22,24H,10-13,15,17-18H2,1H3. The van der Waals surface area contributed by atoms with Gasteiger partial charge < -0.3 is 9.64 Å². The summed E-state index contributed by atoms with van der Waals surface area (Å²) < 4.78 is 35.8. The molecule has 3 fully saturated rings.